The van der Waals surface area contributed by atoms with Crippen LogP contribution in [0, 0.1) is 0 Å². The monoisotopic (exact) mass is 305 g/mol. The Morgan fingerprint density at radius 2 is 1.95 bits per heavy atom. The van der Waals surface area contributed by atoms with Gasteiger partial charge in [-0.1, -0.05) is 23.7 Å². The van der Waals surface area contributed by atoms with Crippen LogP contribution in [-0.4, -0.2) is 11.1 Å². The third-order valence-corrected chi connectivity index (χ3v) is 3.29. The van der Waals surface area contributed by atoms with Crippen LogP contribution in [0.2, 0.25) is 5.02 Å². The van der Waals surface area contributed by atoms with Gasteiger partial charge in [0.05, 0.1) is 5.56 Å². The molecule has 0 amide bonds. The molecule has 110 valence electrons. The second-order valence-electron chi connectivity index (χ2n) is 4.76. The fraction of sp³-hybridized carbons (Fsp3) is 0.188. The molecule has 0 heterocycles. The Kier molecular flexibility index (Phi) is 4.83. The highest BCUT2D eigenvalue weighted by molar-refractivity contribution is 6.30. The maximum Gasteiger partial charge on any atom is 0.335 e. The summed E-state index contributed by atoms with van der Waals surface area (Å²) in [4.78, 5) is 10.8. The number of carboxylic acid groups (broad SMARTS) is 1. The van der Waals surface area contributed by atoms with Crippen molar-refractivity contribution in [1.29, 1.82) is 0 Å². The van der Waals surface area contributed by atoms with Crippen molar-refractivity contribution in [2.75, 3.05) is 0 Å². The van der Waals surface area contributed by atoms with Gasteiger partial charge in [0.15, 0.2) is 0 Å². The fourth-order valence-corrected chi connectivity index (χ4v) is 2.09. The summed E-state index contributed by atoms with van der Waals surface area (Å²) in [6.45, 7) is 2.20. The van der Waals surface area contributed by atoms with E-state index in [1.807, 2.05) is 6.92 Å². The Morgan fingerprint density at radius 3 is 2.52 bits per heavy atom. The van der Waals surface area contributed by atoms with Crippen molar-refractivity contribution in [3.8, 4) is 5.75 Å². The number of benzene rings is 2. The SMILES string of the molecule is C[C@H](N)c1cc(Cl)ccc1OCc1ccc(C(=O)O)cc1. The Morgan fingerprint density at radius 1 is 1.29 bits per heavy atom. The van der Waals surface area contributed by atoms with E-state index in [1.165, 1.54) is 0 Å². The van der Waals surface area contributed by atoms with Crippen LogP contribution >= 0.6 is 11.6 Å². The minimum absolute atomic E-state index is 0.187. The first-order valence-corrected chi connectivity index (χ1v) is 6.85. The summed E-state index contributed by atoms with van der Waals surface area (Å²) in [7, 11) is 0. The third-order valence-electron chi connectivity index (χ3n) is 3.06. The van der Waals surface area contributed by atoms with Gasteiger partial charge in [-0.05, 0) is 42.8 Å². The molecule has 3 N–H and O–H groups in total. The van der Waals surface area contributed by atoms with E-state index in [1.54, 1.807) is 42.5 Å². The minimum atomic E-state index is -0.945. The molecule has 0 bridgehead atoms. The van der Waals surface area contributed by atoms with Crippen molar-refractivity contribution in [3.63, 3.8) is 0 Å². The summed E-state index contributed by atoms with van der Waals surface area (Å²) in [5.41, 5.74) is 7.87. The maximum atomic E-state index is 10.8. The topological polar surface area (TPSA) is 72.5 Å². The molecular formula is C16H16ClNO3. The molecule has 2 aromatic carbocycles. The van der Waals surface area contributed by atoms with E-state index in [4.69, 9.17) is 27.2 Å². The number of hydrogen-bond acceptors (Lipinski definition) is 3. The molecule has 0 saturated heterocycles. The van der Waals surface area contributed by atoms with Crippen LogP contribution in [-0.2, 0) is 6.61 Å². The van der Waals surface area contributed by atoms with E-state index in [0.29, 0.717) is 17.4 Å². The van der Waals surface area contributed by atoms with Crippen molar-refractivity contribution in [2.24, 2.45) is 5.73 Å². The highest BCUT2D eigenvalue weighted by Gasteiger charge is 2.09. The van der Waals surface area contributed by atoms with Crippen LogP contribution in [0.1, 0.15) is 34.5 Å². The van der Waals surface area contributed by atoms with Crippen LogP contribution in [0.25, 0.3) is 0 Å². The number of nitrogens with two attached hydrogens (primary N) is 1. The predicted molar refractivity (Wildman–Crippen MR) is 81.8 cm³/mol. The molecule has 0 radical (unpaired) electrons. The molecule has 0 saturated carbocycles. The number of aromatic carboxylic acids is 1. The van der Waals surface area contributed by atoms with Gasteiger partial charge in [0.25, 0.3) is 0 Å². The third kappa shape index (κ3) is 3.97. The van der Waals surface area contributed by atoms with Gasteiger partial charge < -0.3 is 15.6 Å². The highest BCUT2D eigenvalue weighted by atomic mass is 35.5. The average Bonchev–Trinajstić information content (AvgIpc) is 2.46. The first-order chi connectivity index (χ1) is 9.97. The lowest BCUT2D eigenvalue weighted by molar-refractivity contribution is 0.0697. The number of hydrogen-bond donors (Lipinski definition) is 2. The molecule has 0 aliphatic carbocycles. The lowest BCUT2D eigenvalue weighted by Crippen LogP contribution is -2.08. The summed E-state index contributed by atoms with van der Waals surface area (Å²) in [5.74, 6) is -0.267. The lowest BCUT2D eigenvalue weighted by atomic mass is 10.1. The van der Waals surface area contributed by atoms with Gasteiger partial charge in [0.1, 0.15) is 12.4 Å². The fourth-order valence-electron chi connectivity index (χ4n) is 1.91. The second-order valence-corrected chi connectivity index (χ2v) is 5.20. The van der Waals surface area contributed by atoms with Crippen molar-refractivity contribution >= 4 is 17.6 Å². The van der Waals surface area contributed by atoms with Gasteiger partial charge >= 0.3 is 5.97 Å². The molecule has 0 unspecified atom stereocenters. The zero-order valence-corrected chi connectivity index (χ0v) is 12.3. The molecule has 5 heteroatoms. The number of carbonyl (C=O) groups is 1. The van der Waals surface area contributed by atoms with Gasteiger partial charge in [0, 0.05) is 16.6 Å². The van der Waals surface area contributed by atoms with Gasteiger partial charge in [-0.2, -0.15) is 0 Å². The number of carboxylic acids is 1. The number of ether oxygens (including phenoxy) is 1. The second kappa shape index (κ2) is 6.61. The molecule has 4 nitrogen and oxygen atoms in total. The molecule has 0 spiro atoms. The van der Waals surface area contributed by atoms with E-state index in [9.17, 15) is 4.79 Å². The number of rotatable bonds is 5. The molecule has 0 aliphatic heterocycles. The van der Waals surface area contributed by atoms with Crippen molar-refractivity contribution < 1.29 is 14.6 Å². The Hall–Kier alpha value is -2.04. The molecule has 1 atom stereocenters. The van der Waals surface area contributed by atoms with Crippen LogP contribution in [0.4, 0.5) is 0 Å². The largest absolute Gasteiger partial charge is 0.489 e. The van der Waals surface area contributed by atoms with Crippen molar-refractivity contribution in [1.82, 2.24) is 0 Å². The normalized spacial score (nSPS) is 12.0. The lowest BCUT2D eigenvalue weighted by Gasteiger charge is -2.14. The Balaban J connectivity index is 2.11. The van der Waals surface area contributed by atoms with Crippen LogP contribution < -0.4 is 10.5 Å². The average molecular weight is 306 g/mol. The highest BCUT2D eigenvalue weighted by Crippen LogP contribution is 2.27. The van der Waals surface area contributed by atoms with Gasteiger partial charge in [-0.25, -0.2) is 4.79 Å². The standard InChI is InChI=1S/C16H16ClNO3/c1-10(18)14-8-13(17)6-7-15(14)21-9-11-2-4-12(5-3-11)16(19)20/h2-8,10H,9,18H2,1H3,(H,19,20)/t10-/m0/s1. The molecule has 0 aromatic heterocycles. The molecule has 0 aliphatic rings. The predicted octanol–water partition coefficient (Wildman–Crippen LogP) is 3.64. The van der Waals surface area contributed by atoms with E-state index in [0.717, 1.165) is 11.1 Å². The minimum Gasteiger partial charge on any atom is -0.489 e. The Bertz CT molecular complexity index is 638. The smallest absolute Gasteiger partial charge is 0.335 e. The first kappa shape index (κ1) is 15.4. The summed E-state index contributed by atoms with van der Waals surface area (Å²) >= 11 is 5.96. The first-order valence-electron chi connectivity index (χ1n) is 6.47. The molecular weight excluding hydrogens is 290 g/mol. The summed E-state index contributed by atoms with van der Waals surface area (Å²) in [6.07, 6.45) is 0. The molecule has 2 aromatic rings. The van der Waals surface area contributed by atoms with Crippen molar-refractivity contribution in [3.05, 3.63) is 64.2 Å². The molecule has 21 heavy (non-hydrogen) atoms. The quantitative estimate of drug-likeness (QED) is 0.884. The van der Waals surface area contributed by atoms with Gasteiger partial charge in [0.2, 0.25) is 0 Å². The van der Waals surface area contributed by atoms with Crippen LogP contribution in [0.15, 0.2) is 42.5 Å². The maximum absolute atomic E-state index is 10.8. The Labute approximate surface area is 128 Å². The molecule has 0 fully saturated rings. The van der Waals surface area contributed by atoms with E-state index < -0.39 is 5.97 Å². The van der Waals surface area contributed by atoms with E-state index >= 15 is 0 Å². The summed E-state index contributed by atoms with van der Waals surface area (Å²) in [6, 6.07) is 11.7. The van der Waals surface area contributed by atoms with Crippen LogP contribution in [0.3, 0.4) is 0 Å². The van der Waals surface area contributed by atoms with Crippen LogP contribution in [0.5, 0.6) is 5.75 Å². The van der Waals surface area contributed by atoms with E-state index in [-0.39, 0.29) is 11.6 Å². The van der Waals surface area contributed by atoms with Gasteiger partial charge in [-0.15, -0.1) is 0 Å². The molecule has 2 rings (SSSR count). The number of halogens is 1. The van der Waals surface area contributed by atoms with E-state index in [2.05, 4.69) is 0 Å². The zero-order valence-electron chi connectivity index (χ0n) is 11.5. The summed E-state index contributed by atoms with van der Waals surface area (Å²) < 4.78 is 5.75. The van der Waals surface area contributed by atoms with Crippen molar-refractivity contribution in [2.45, 2.75) is 19.6 Å². The van der Waals surface area contributed by atoms with Gasteiger partial charge in [-0.3, -0.25) is 0 Å². The zero-order chi connectivity index (χ0) is 15.4. The summed E-state index contributed by atoms with van der Waals surface area (Å²) in [5, 5.41) is 9.46.